The number of carbonyl (C=O) groups excluding carboxylic acids is 2. The SMILES string of the molecule is CC[C@H](C(=O)NCC(C)C)N(Cc1cccc(C)c1)C(=O)Cc1cc(C)ccc1C. The number of rotatable bonds is 9. The molecule has 2 aromatic rings. The van der Waals surface area contributed by atoms with Crippen LogP contribution in [0.25, 0.3) is 0 Å². The van der Waals surface area contributed by atoms with Gasteiger partial charge in [-0.15, -0.1) is 0 Å². The highest BCUT2D eigenvalue weighted by Gasteiger charge is 2.29. The van der Waals surface area contributed by atoms with Crippen LogP contribution in [0.2, 0.25) is 0 Å². The number of benzene rings is 2. The number of nitrogens with zero attached hydrogens (tertiary/aromatic N) is 1. The number of hydrogen-bond donors (Lipinski definition) is 1. The zero-order valence-electron chi connectivity index (χ0n) is 19.3. The quantitative estimate of drug-likeness (QED) is 0.652. The Bertz CT molecular complexity index is 873. The lowest BCUT2D eigenvalue weighted by Crippen LogP contribution is -2.50. The Labute approximate surface area is 181 Å². The Morgan fingerprint density at radius 3 is 2.33 bits per heavy atom. The van der Waals surface area contributed by atoms with Crippen molar-refractivity contribution in [3.05, 3.63) is 70.3 Å². The van der Waals surface area contributed by atoms with E-state index in [1.54, 1.807) is 4.90 Å². The third kappa shape index (κ3) is 6.72. The van der Waals surface area contributed by atoms with E-state index < -0.39 is 6.04 Å². The standard InChI is InChI=1S/C26H36N2O2/c1-7-24(26(30)27-16-18(2)3)28(17-22-10-8-9-19(4)13-22)25(29)15-23-14-20(5)11-12-21(23)6/h8-14,18,24H,7,15-17H2,1-6H3,(H,27,30)/t24-/m1/s1. The van der Waals surface area contributed by atoms with Crippen LogP contribution in [0.15, 0.2) is 42.5 Å². The molecule has 0 fully saturated rings. The van der Waals surface area contributed by atoms with E-state index in [9.17, 15) is 9.59 Å². The Morgan fingerprint density at radius 2 is 1.70 bits per heavy atom. The average molecular weight is 409 g/mol. The summed E-state index contributed by atoms with van der Waals surface area (Å²) in [5.74, 6) is 0.271. The molecule has 4 heteroatoms. The van der Waals surface area contributed by atoms with Crippen LogP contribution in [-0.2, 0) is 22.6 Å². The van der Waals surface area contributed by atoms with E-state index in [0.29, 0.717) is 31.8 Å². The minimum atomic E-state index is -0.484. The van der Waals surface area contributed by atoms with Crippen LogP contribution in [0, 0.1) is 26.7 Å². The number of amides is 2. The normalized spacial score (nSPS) is 12.0. The lowest BCUT2D eigenvalue weighted by Gasteiger charge is -2.31. The molecular formula is C26H36N2O2. The summed E-state index contributed by atoms with van der Waals surface area (Å²) in [6.07, 6.45) is 0.877. The summed E-state index contributed by atoms with van der Waals surface area (Å²) in [6, 6.07) is 13.8. The molecule has 0 saturated heterocycles. The van der Waals surface area contributed by atoms with E-state index in [-0.39, 0.29) is 11.8 Å². The molecular weight excluding hydrogens is 372 g/mol. The summed E-state index contributed by atoms with van der Waals surface area (Å²) in [7, 11) is 0. The molecule has 30 heavy (non-hydrogen) atoms. The van der Waals surface area contributed by atoms with E-state index in [1.165, 1.54) is 0 Å². The van der Waals surface area contributed by atoms with Gasteiger partial charge in [0, 0.05) is 13.1 Å². The van der Waals surface area contributed by atoms with Gasteiger partial charge in [0.05, 0.1) is 6.42 Å². The molecule has 162 valence electrons. The molecule has 0 bridgehead atoms. The van der Waals surface area contributed by atoms with Gasteiger partial charge in [-0.3, -0.25) is 9.59 Å². The first-order valence-corrected chi connectivity index (χ1v) is 10.9. The zero-order chi connectivity index (χ0) is 22.3. The third-order valence-electron chi connectivity index (χ3n) is 5.35. The van der Waals surface area contributed by atoms with Crippen LogP contribution in [0.5, 0.6) is 0 Å². The van der Waals surface area contributed by atoms with Crippen LogP contribution in [0.4, 0.5) is 0 Å². The Kier molecular flexibility index (Phi) is 8.64. The minimum absolute atomic E-state index is 0.0169. The molecule has 1 atom stereocenters. The van der Waals surface area contributed by atoms with E-state index in [2.05, 4.69) is 43.4 Å². The highest BCUT2D eigenvalue weighted by Crippen LogP contribution is 2.18. The number of nitrogens with one attached hydrogen (secondary N) is 1. The maximum Gasteiger partial charge on any atom is 0.242 e. The van der Waals surface area contributed by atoms with Gasteiger partial charge in [-0.25, -0.2) is 0 Å². The fraction of sp³-hybridized carbons (Fsp3) is 0.462. The minimum Gasteiger partial charge on any atom is -0.354 e. The van der Waals surface area contributed by atoms with Gasteiger partial charge < -0.3 is 10.2 Å². The molecule has 0 heterocycles. The van der Waals surface area contributed by atoms with Gasteiger partial charge in [0.2, 0.25) is 11.8 Å². The molecule has 2 amide bonds. The highest BCUT2D eigenvalue weighted by molar-refractivity contribution is 5.88. The van der Waals surface area contributed by atoms with Crippen molar-refractivity contribution >= 4 is 11.8 Å². The fourth-order valence-corrected chi connectivity index (χ4v) is 3.60. The monoisotopic (exact) mass is 408 g/mol. The van der Waals surface area contributed by atoms with Gasteiger partial charge >= 0.3 is 0 Å². The first-order chi connectivity index (χ1) is 14.2. The van der Waals surface area contributed by atoms with E-state index in [4.69, 9.17) is 0 Å². The van der Waals surface area contributed by atoms with E-state index in [1.807, 2.05) is 45.9 Å². The summed E-state index contributed by atoms with van der Waals surface area (Å²) in [5, 5.41) is 3.02. The topological polar surface area (TPSA) is 49.4 Å². The molecule has 1 N–H and O–H groups in total. The molecule has 2 aromatic carbocycles. The van der Waals surface area contributed by atoms with Gasteiger partial charge in [-0.2, -0.15) is 0 Å². The largest absolute Gasteiger partial charge is 0.354 e. The number of carbonyl (C=O) groups is 2. The second-order valence-electron chi connectivity index (χ2n) is 8.68. The highest BCUT2D eigenvalue weighted by atomic mass is 16.2. The molecule has 2 rings (SSSR count). The molecule has 0 aliphatic carbocycles. The lowest BCUT2D eigenvalue weighted by atomic mass is 10.0. The molecule has 0 aromatic heterocycles. The zero-order valence-corrected chi connectivity index (χ0v) is 19.3. The van der Waals surface area contributed by atoms with Gasteiger partial charge in [-0.1, -0.05) is 74.4 Å². The van der Waals surface area contributed by atoms with Crippen LogP contribution in [0.1, 0.15) is 55.0 Å². The van der Waals surface area contributed by atoms with Crippen molar-refractivity contribution in [2.75, 3.05) is 6.54 Å². The second-order valence-corrected chi connectivity index (χ2v) is 8.68. The van der Waals surface area contributed by atoms with Gasteiger partial charge in [-0.05, 0) is 49.8 Å². The summed E-state index contributed by atoms with van der Waals surface area (Å²) in [4.78, 5) is 28.2. The third-order valence-corrected chi connectivity index (χ3v) is 5.35. The molecule has 4 nitrogen and oxygen atoms in total. The van der Waals surface area contributed by atoms with E-state index in [0.717, 1.165) is 27.8 Å². The van der Waals surface area contributed by atoms with Gasteiger partial charge in [0.25, 0.3) is 0 Å². The molecule has 0 aliphatic rings. The second kappa shape index (κ2) is 11.0. The van der Waals surface area contributed by atoms with Crippen LogP contribution >= 0.6 is 0 Å². The molecule has 0 unspecified atom stereocenters. The Morgan fingerprint density at radius 1 is 1.00 bits per heavy atom. The van der Waals surface area contributed by atoms with Gasteiger partial charge in [0.1, 0.15) is 6.04 Å². The van der Waals surface area contributed by atoms with Crippen molar-refractivity contribution in [3.63, 3.8) is 0 Å². The average Bonchev–Trinajstić information content (AvgIpc) is 2.69. The molecule has 0 radical (unpaired) electrons. The van der Waals surface area contributed by atoms with Gasteiger partial charge in [0.15, 0.2) is 0 Å². The lowest BCUT2D eigenvalue weighted by molar-refractivity contribution is -0.141. The maximum absolute atomic E-state index is 13.5. The Balaban J connectivity index is 2.31. The van der Waals surface area contributed by atoms with E-state index >= 15 is 0 Å². The van der Waals surface area contributed by atoms with Crippen LogP contribution in [0.3, 0.4) is 0 Å². The summed E-state index contributed by atoms with van der Waals surface area (Å²) in [6.45, 7) is 13.2. The fourth-order valence-electron chi connectivity index (χ4n) is 3.60. The first-order valence-electron chi connectivity index (χ1n) is 10.9. The van der Waals surface area contributed by atoms with Crippen molar-refractivity contribution in [2.45, 2.75) is 67.0 Å². The summed E-state index contributed by atoms with van der Waals surface area (Å²) in [5.41, 5.74) is 5.44. The summed E-state index contributed by atoms with van der Waals surface area (Å²) >= 11 is 0. The number of aryl methyl sites for hydroxylation is 3. The smallest absolute Gasteiger partial charge is 0.242 e. The molecule has 0 spiro atoms. The first kappa shape index (κ1) is 23.7. The predicted molar refractivity (Wildman–Crippen MR) is 123 cm³/mol. The van der Waals surface area contributed by atoms with Crippen molar-refractivity contribution in [1.29, 1.82) is 0 Å². The van der Waals surface area contributed by atoms with Crippen molar-refractivity contribution in [1.82, 2.24) is 10.2 Å². The number of hydrogen-bond acceptors (Lipinski definition) is 2. The summed E-state index contributed by atoms with van der Waals surface area (Å²) < 4.78 is 0. The van der Waals surface area contributed by atoms with Crippen molar-refractivity contribution in [2.24, 2.45) is 5.92 Å². The van der Waals surface area contributed by atoms with Crippen LogP contribution in [-0.4, -0.2) is 29.3 Å². The molecule has 0 saturated carbocycles. The van der Waals surface area contributed by atoms with Crippen LogP contribution < -0.4 is 5.32 Å². The van der Waals surface area contributed by atoms with Crippen molar-refractivity contribution < 1.29 is 9.59 Å². The maximum atomic E-state index is 13.5. The Hall–Kier alpha value is -2.62. The molecule has 0 aliphatic heterocycles. The van der Waals surface area contributed by atoms with Crippen molar-refractivity contribution in [3.8, 4) is 0 Å². The predicted octanol–water partition coefficient (Wildman–Crippen LogP) is 4.73.